The van der Waals surface area contributed by atoms with Gasteiger partial charge in [-0.1, -0.05) is 6.42 Å². The molecular weight excluding hydrogens is 276 g/mol. The Hall–Kier alpha value is -1.46. The van der Waals surface area contributed by atoms with Crippen LogP contribution in [0.25, 0.3) is 0 Å². The molecule has 0 amide bonds. The fourth-order valence-electron chi connectivity index (χ4n) is 2.98. The number of rotatable bonds is 3. The molecule has 0 aliphatic heterocycles. The summed E-state index contributed by atoms with van der Waals surface area (Å²) in [6, 6.07) is 0. The third-order valence-corrected chi connectivity index (χ3v) is 4.09. The first-order chi connectivity index (χ1) is 10.2. The van der Waals surface area contributed by atoms with Crippen molar-refractivity contribution in [2.75, 3.05) is 7.11 Å². The van der Waals surface area contributed by atoms with Crippen molar-refractivity contribution in [2.24, 2.45) is 0 Å². The Morgan fingerprint density at radius 3 is 1.86 bits per heavy atom. The van der Waals surface area contributed by atoms with Gasteiger partial charge >= 0.3 is 12.3 Å². The van der Waals surface area contributed by atoms with E-state index < -0.39 is 12.3 Å². The highest BCUT2D eigenvalue weighted by atomic mass is 16.7. The van der Waals surface area contributed by atoms with Crippen LogP contribution in [0.1, 0.15) is 57.8 Å². The van der Waals surface area contributed by atoms with E-state index >= 15 is 0 Å². The Balaban J connectivity index is 1.71. The molecule has 2 saturated carbocycles. The highest BCUT2D eigenvalue weighted by Gasteiger charge is 2.29. The van der Waals surface area contributed by atoms with Crippen LogP contribution in [-0.2, 0) is 18.9 Å². The first-order valence-electron chi connectivity index (χ1n) is 7.79. The first-order valence-corrected chi connectivity index (χ1v) is 7.79. The van der Waals surface area contributed by atoms with Gasteiger partial charge in [0.05, 0.1) is 7.11 Å². The fraction of sp³-hybridized carbons (Fsp3) is 0.867. The predicted molar refractivity (Wildman–Crippen MR) is 74.0 cm³/mol. The molecule has 2 rings (SSSR count). The van der Waals surface area contributed by atoms with Crippen molar-refractivity contribution in [3.63, 3.8) is 0 Å². The Labute approximate surface area is 125 Å². The number of hydrogen-bond acceptors (Lipinski definition) is 6. The highest BCUT2D eigenvalue weighted by molar-refractivity contribution is 5.60. The zero-order valence-corrected chi connectivity index (χ0v) is 12.5. The summed E-state index contributed by atoms with van der Waals surface area (Å²) in [5, 5.41) is 0. The van der Waals surface area contributed by atoms with Gasteiger partial charge in [-0.15, -0.1) is 0 Å². The standard InChI is InChI=1S/C15H24O6/c1-18-14(16)20-12-8-5-9-13(10-12)21-15(17)19-11-6-3-2-4-7-11/h11-13H,2-10H2,1H3. The van der Waals surface area contributed by atoms with Gasteiger partial charge < -0.3 is 18.9 Å². The smallest absolute Gasteiger partial charge is 0.438 e. The molecule has 2 aliphatic rings. The lowest BCUT2D eigenvalue weighted by Crippen LogP contribution is -2.32. The first kappa shape index (κ1) is 15.9. The lowest BCUT2D eigenvalue weighted by molar-refractivity contribution is -0.0444. The third kappa shape index (κ3) is 5.44. The molecule has 2 fully saturated rings. The summed E-state index contributed by atoms with van der Waals surface area (Å²) in [5.74, 6) is 0. The van der Waals surface area contributed by atoms with E-state index in [4.69, 9.17) is 14.2 Å². The predicted octanol–water partition coefficient (Wildman–Crippen LogP) is 3.57. The Morgan fingerprint density at radius 2 is 1.24 bits per heavy atom. The SMILES string of the molecule is COC(=O)OC1CCCC(OC(=O)OC2CCCCC2)C1. The maximum absolute atomic E-state index is 11.8. The molecule has 0 heterocycles. The maximum atomic E-state index is 11.8. The maximum Gasteiger partial charge on any atom is 0.508 e. The minimum Gasteiger partial charge on any atom is -0.438 e. The van der Waals surface area contributed by atoms with E-state index in [1.807, 2.05) is 0 Å². The number of hydrogen-bond donors (Lipinski definition) is 0. The van der Waals surface area contributed by atoms with E-state index in [9.17, 15) is 9.59 Å². The summed E-state index contributed by atoms with van der Waals surface area (Å²) in [5.41, 5.74) is 0. The summed E-state index contributed by atoms with van der Waals surface area (Å²) in [4.78, 5) is 22.9. The summed E-state index contributed by atoms with van der Waals surface area (Å²) in [6.45, 7) is 0. The van der Waals surface area contributed by atoms with Gasteiger partial charge in [0.2, 0.25) is 0 Å². The number of carbonyl (C=O) groups is 2. The van der Waals surface area contributed by atoms with Gasteiger partial charge in [0.1, 0.15) is 18.3 Å². The molecular formula is C15H24O6. The summed E-state index contributed by atoms with van der Waals surface area (Å²) in [6.07, 6.45) is 6.40. The van der Waals surface area contributed by atoms with Crippen molar-refractivity contribution in [1.29, 1.82) is 0 Å². The summed E-state index contributed by atoms with van der Waals surface area (Å²) >= 11 is 0. The normalized spacial score (nSPS) is 26.7. The van der Waals surface area contributed by atoms with Crippen molar-refractivity contribution in [3.8, 4) is 0 Å². The summed E-state index contributed by atoms with van der Waals surface area (Å²) < 4.78 is 20.3. The molecule has 0 aromatic rings. The Bertz CT molecular complexity index is 350. The van der Waals surface area contributed by atoms with Gasteiger partial charge in [-0.2, -0.15) is 0 Å². The zero-order chi connectivity index (χ0) is 15.1. The van der Waals surface area contributed by atoms with Crippen molar-refractivity contribution < 1.29 is 28.5 Å². The van der Waals surface area contributed by atoms with Crippen molar-refractivity contribution in [1.82, 2.24) is 0 Å². The molecule has 0 N–H and O–H groups in total. The van der Waals surface area contributed by atoms with Crippen LogP contribution < -0.4 is 0 Å². The van der Waals surface area contributed by atoms with Crippen LogP contribution in [0.2, 0.25) is 0 Å². The highest BCUT2D eigenvalue weighted by Crippen LogP contribution is 2.25. The zero-order valence-electron chi connectivity index (χ0n) is 12.5. The number of ether oxygens (including phenoxy) is 4. The number of carbonyl (C=O) groups excluding carboxylic acids is 2. The molecule has 2 atom stereocenters. The third-order valence-electron chi connectivity index (χ3n) is 4.09. The van der Waals surface area contributed by atoms with Crippen LogP contribution in [0.5, 0.6) is 0 Å². The molecule has 0 saturated heterocycles. The van der Waals surface area contributed by atoms with Gasteiger partial charge in [0, 0.05) is 6.42 Å². The van der Waals surface area contributed by atoms with E-state index in [0.717, 1.165) is 44.9 Å². The minimum absolute atomic E-state index is 0.00282. The van der Waals surface area contributed by atoms with Gasteiger partial charge in [0.15, 0.2) is 0 Å². The topological polar surface area (TPSA) is 71.1 Å². The van der Waals surface area contributed by atoms with Crippen molar-refractivity contribution >= 4 is 12.3 Å². The molecule has 0 bridgehead atoms. The quantitative estimate of drug-likeness (QED) is 0.742. The molecule has 21 heavy (non-hydrogen) atoms. The van der Waals surface area contributed by atoms with E-state index in [0.29, 0.717) is 6.42 Å². The lowest BCUT2D eigenvalue weighted by atomic mass is 9.95. The molecule has 0 radical (unpaired) electrons. The van der Waals surface area contributed by atoms with Gasteiger partial charge in [-0.05, 0) is 44.9 Å². The van der Waals surface area contributed by atoms with Crippen LogP contribution in [-0.4, -0.2) is 37.7 Å². The molecule has 2 aliphatic carbocycles. The Kier molecular flexibility index (Phi) is 6.14. The van der Waals surface area contributed by atoms with Crippen LogP contribution in [0.3, 0.4) is 0 Å². The molecule has 120 valence electrons. The molecule has 2 unspecified atom stereocenters. The average molecular weight is 300 g/mol. The molecule has 0 aromatic heterocycles. The monoisotopic (exact) mass is 300 g/mol. The van der Waals surface area contributed by atoms with Gasteiger partial charge in [0.25, 0.3) is 0 Å². The van der Waals surface area contributed by atoms with Gasteiger partial charge in [-0.25, -0.2) is 9.59 Å². The van der Waals surface area contributed by atoms with E-state index in [2.05, 4.69) is 4.74 Å². The second kappa shape index (κ2) is 8.10. The second-order valence-electron chi connectivity index (χ2n) is 5.73. The van der Waals surface area contributed by atoms with E-state index in [-0.39, 0.29) is 18.3 Å². The molecule has 0 spiro atoms. The van der Waals surface area contributed by atoms with Crippen LogP contribution in [0, 0.1) is 0 Å². The van der Waals surface area contributed by atoms with Crippen LogP contribution in [0.4, 0.5) is 9.59 Å². The average Bonchev–Trinajstić information content (AvgIpc) is 2.48. The minimum atomic E-state index is -0.689. The van der Waals surface area contributed by atoms with E-state index in [1.165, 1.54) is 13.5 Å². The second-order valence-corrected chi connectivity index (χ2v) is 5.73. The Morgan fingerprint density at radius 1 is 0.714 bits per heavy atom. The largest absolute Gasteiger partial charge is 0.508 e. The number of methoxy groups -OCH3 is 1. The van der Waals surface area contributed by atoms with Gasteiger partial charge in [-0.3, -0.25) is 0 Å². The van der Waals surface area contributed by atoms with Crippen molar-refractivity contribution in [3.05, 3.63) is 0 Å². The molecule has 6 heteroatoms. The molecule has 6 nitrogen and oxygen atoms in total. The summed E-state index contributed by atoms with van der Waals surface area (Å²) in [7, 11) is 1.28. The van der Waals surface area contributed by atoms with Crippen LogP contribution in [0.15, 0.2) is 0 Å². The molecule has 0 aromatic carbocycles. The fourth-order valence-corrected chi connectivity index (χ4v) is 2.98. The lowest BCUT2D eigenvalue weighted by Gasteiger charge is -2.29. The van der Waals surface area contributed by atoms with Crippen molar-refractivity contribution in [2.45, 2.75) is 76.1 Å². The van der Waals surface area contributed by atoms with Crippen LogP contribution >= 0.6 is 0 Å². The van der Waals surface area contributed by atoms with E-state index in [1.54, 1.807) is 0 Å².